The molecule has 0 atom stereocenters. The zero-order valence-electron chi connectivity index (χ0n) is 21.9. The maximum absolute atomic E-state index is 13.0. The molecule has 1 aliphatic heterocycles. The van der Waals surface area contributed by atoms with E-state index in [1.54, 1.807) is 30.3 Å². The normalized spacial score (nSPS) is 14.1. The number of carbonyl (C=O) groups excluding carboxylic acids is 3. The first-order valence-corrected chi connectivity index (χ1v) is 15.7. The lowest BCUT2D eigenvalue weighted by Gasteiger charge is -2.13. The number of nitrogens with one attached hydrogen (secondary N) is 1. The molecular weight excluding hydrogens is 766 g/mol. The Morgan fingerprint density at radius 2 is 1.66 bits per heavy atom. The first-order valence-electron chi connectivity index (χ1n) is 12.7. The van der Waals surface area contributed by atoms with Crippen LogP contribution in [0.15, 0.2) is 83.8 Å². The van der Waals surface area contributed by atoms with Crippen molar-refractivity contribution in [3.05, 3.63) is 102 Å². The van der Waals surface area contributed by atoms with Gasteiger partial charge in [-0.15, -0.1) is 0 Å². The number of thioether (sulfide) groups is 1. The van der Waals surface area contributed by atoms with Crippen molar-refractivity contribution in [2.24, 2.45) is 0 Å². The molecule has 0 unspecified atom stereocenters. The second kappa shape index (κ2) is 13.3. The highest BCUT2D eigenvalue weighted by molar-refractivity contribution is 14.1. The summed E-state index contributed by atoms with van der Waals surface area (Å²) in [6.45, 7) is 2.48. The Morgan fingerprint density at radius 3 is 2.39 bits per heavy atom. The molecule has 0 bridgehead atoms. The number of fused-ring (bicyclic) bond motifs is 1. The van der Waals surface area contributed by atoms with Crippen molar-refractivity contribution in [3.63, 3.8) is 0 Å². The Kier molecular flexibility index (Phi) is 9.50. The highest BCUT2D eigenvalue weighted by atomic mass is 127. The van der Waals surface area contributed by atoms with Crippen molar-refractivity contribution in [2.75, 3.05) is 18.5 Å². The van der Waals surface area contributed by atoms with Gasteiger partial charge in [-0.3, -0.25) is 19.3 Å². The van der Waals surface area contributed by atoms with Gasteiger partial charge in [0.1, 0.15) is 24.7 Å². The van der Waals surface area contributed by atoms with Crippen molar-refractivity contribution in [3.8, 4) is 11.5 Å². The van der Waals surface area contributed by atoms with Crippen molar-refractivity contribution in [1.29, 1.82) is 0 Å². The summed E-state index contributed by atoms with van der Waals surface area (Å²) in [5.41, 5.74) is 2.41. The van der Waals surface area contributed by atoms with Crippen LogP contribution in [0.4, 0.5) is 10.5 Å². The van der Waals surface area contributed by atoms with Gasteiger partial charge in [0.15, 0.2) is 0 Å². The number of imide groups is 1. The minimum absolute atomic E-state index is 0.264. The number of ether oxygens (including phenoxy) is 2. The zero-order valence-corrected chi connectivity index (χ0v) is 27.0. The Morgan fingerprint density at radius 1 is 0.951 bits per heavy atom. The van der Waals surface area contributed by atoms with Crippen LogP contribution in [0.2, 0.25) is 0 Å². The number of amides is 3. The Hall–Kier alpha value is -3.10. The summed E-state index contributed by atoms with van der Waals surface area (Å²) < 4.78 is 13.4. The maximum atomic E-state index is 13.0. The summed E-state index contributed by atoms with van der Waals surface area (Å²) in [4.78, 5) is 39.4. The van der Waals surface area contributed by atoms with Gasteiger partial charge in [-0.2, -0.15) is 0 Å². The molecule has 4 aromatic carbocycles. The number of carbonyl (C=O) groups is 3. The fourth-order valence-corrected chi connectivity index (χ4v) is 7.27. The molecule has 1 aliphatic rings. The molecule has 1 saturated heterocycles. The number of hydrogen-bond acceptors (Lipinski definition) is 6. The van der Waals surface area contributed by atoms with E-state index in [2.05, 4.69) is 74.8 Å². The van der Waals surface area contributed by atoms with Gasteiger partial charge in [-0.1, -0.05) is 42.5 Å². The lowest BCUT2D eigenvalue weighted by atomic mass is 10.1. The van der Waals surface area contributed by atoms with E-state index in [9.17, 15) is 14.4 Å². The predicted octanol–water partition coefficient (Wildman–Crippen LogP) is 7.70. The van der Waals surface area contributed by atoms with E-state index in [0.29, 0.717) is 24.7 Å². The SMILES string of the molecule is CCOc1ccc(NC(=O)CN2C(=O)S/C(=C/c3cc(I)c(OCc4cccc5ccccc45)c(I)c3)C2=O)cc1. The van der Waals surface area contributed by atoms with Crippen LogP contribution in [-0.2, 0) is 16.2 Å². The van der Waals surface area contributed by atoms with E-state index in [1.807, 2.05) is 37.3 Å². The molecule has 0 aromatic heterocycles. The monoisotopic (exact) mass is 790 g/mol. The van der Waals surface area contributed by atoms with Gasteiger partial charge in [0.2, 0.25) is 5.91 Å². The number of benzene rings is 4. The molecule has 10 heteroatoms. The van der Waals surface area contributed by atoms with E-state index in [1.165, 1.54) is 0 Å². The smallest absolute Gasteiger partial charge is 0.294 e. The molecule has 0 spiro atoms. The van der Waals surface area contributed by atoms with E-state index in [-0.39, 0.29) is 11.4 Å². The largest absolute Gasteiger partial charge is 0.494 e. The Bertz CT molecular complexity index is 1640. The van der Waals surface area contributed by atoms with Gasteiger partial charge in [-0.05, 0) is 128 Å². The minimum Gasteiger partial charge on any atom is -0.494 e. The fourth-order valence-electron chi connectivity index (χ4n) is 4.30. The highest BCUT2D eigenvalue weighted by Gasteiger charge is 2.36. The van der Waals surface area contributed by atoms with Crippen molar-refractivity contribution in [2.45, 2.75) is 13.5 Å². The first-order chi connectivity index (χ1) is 19.8. The molecule has 3 amide bonds. The second-order valence-corrected chi connectivity index (χ2v) is 12.3. The molecule has 1 heterocycles. The maximum Gasteiger partial charge on any atom is 0.294 e. The number of nitrogens with zero attached hydrogens (tertiary/aromatic N) is 1. The molecule has 0 aliphatic carbocycles. The third-order valence-electron chi connectivity index (χ3n) is 6.19. The zero-order chi connectivity index (χ0) is 28.9. The molecule has 7 nitrogen and oxygen atoms in total. The summed E-state index contributed by atoms with van der Waals surface area (Å²) >= 11 is 5.26. The average molecular weight is 790 g/mol. The topological polar surface area (TPSA) is 84.9 Å². The van der Waals surface area contributed by atoms with Gasteiger partial charge in [-0.25, -0.2) is 0 Å². The molecule has 208 valence electrons. The number of rotatable bonds is 9. The first kappa shape index (κ1) is 29.4. The predicted molar refractivity (Wildman–Crippen MR) is 179 cm³/mol. The summed E-state index contributed by atoms with van der Waals surface area (Å²) in [7, 11) is 0. The van der Waals surface area contributed by atoms with Crippen molar-refractivity contribution < 1.29 is 23.9 Å². The third-order valence-corrected chi connectivity index (χ3v) is 8.70. The van der Waals surface area contributed by atoms with Crippen LogP contribution in [0, 0.1) is 7.14 Å². The summed E-state index contributed by atoms with van der Waals surface area (Å²) in [6, 6.07) is 25.1. The molecule has 41 heavy (non-hydrogen) atoms. The molecule has 5 rings (SSSR count). The van der Waals surface area contributed by atoms with Gasteiger partial charge in [0, 0.05) is 5.69 Å². The number of anilines is 1. The number of halogens is 2. The van der Waals surface area contributed by atoms with Crippen LogP contribution in [0.25, 0.3) is 16.8 Å². The molecule has 0 saturated carbocycles. The summed E-state index contributed by atoms with van der Waals surface area (Å²) in [5.74, 6) is 0.489. The highest BCUT2D eigenvalue weighted by Crippen LogP contribution is 2.35. The van der Waals surface area contributed by atoms with Gasteiger partial charge >= 0.3 is 0 Å². The molecule has 0 radical (unpaired) electrons. The number of hydrogen-bond donors (Lipinski definition) is 1. The lowest BCUT2D eigenvalue weighted by Crippen LogP contribution is -2.36. The van der Waals surface area contributed by atoms with Crippen LogP contribution in [0.5, 0.6) is 11.5 Å². The Labute approximate surface area is 268 Å². The lowest BCUT2D eigenvalue weighted by molar-refractivity contribution is -0.127. The summed E-state index contributed by atoms with van der Waals surface area (Å²) in [5, 5.41) is 4.55. The van der Waals surface area contributed by atoms with Crippen molar-refractivity contribution >= 4 is 96.5 Å². The van der Waals surface area contributed by atoms with E-state index < -0.39 is 17.1 Å². The fraction of sp³-hybridized carbons (Fsp3) is 0.129. The van der Waals surface area contributed by atoms with Crippen LogP contribution in [-0.4, -0.2) is 35.1 Å². The minimum atomic E-state index is -0.497. The second-order valence-electron chi connectivity index (χ2n) is 9.01. The van der Waals surface area contributed by atoms with Crippen LogP contribution in [0.1, 0.15) is 18.1 Å². The van der Waals surface area contributed by atoms with Gasteiger partial charge in [0.25, 0.3) is 11.1 Å². The van der Waals surface area contributed by atoms with E-state index >= 15 is 0 Å². The molecular formula is C31H24I2N2O5S. The molecule has 4 aromatic rings. The molecule has 1 fully saturated rings. The van der Waals surface area contributed by atoms with Crippen LogP contribution >= 0.6 is 56.9 Å². The average Bonchev–Trinajstić information content (AvgIpc) is 3.21. The van der Waals surface area contributed by atoms with Gasteiger partial charge in [0.05, 0.1) is 18.7 Å². The quantitative estimate of drug-likeness (QED) is 0.138. The summed E-state index contributed by atoms with van der Waals surface area (Å²) in [6.07, 6.45) is 1.67. The Balaban J connectivity index is 1.25. The van der Waals surface area contributed by atoms with E-state index in [0.717, 1.165) is 51.5 Å². The van der Waals surface area contributed by atoms with Crippen molar-refractivity contribution in [1.82, 2.24) is 4.90 Å². The van der Waals surface area contributed by atoms with Crippen LogP contribution < -0.4 is 14.8 Å². The van der Waals surface area contributed by atoms with Gasteiger partial charge < -0.3 is 14.8 Å². The van der Waals surface area contributed by atoms with Crippen LogP contribution in [0.3, 0.4) is 0 Å². The third kappa shape index (κ3) is 7.04. The molecule has 1 N–H and O–H groups in total. The van der Waals surface area contributed by atoms with E-state index in [4.69, 9.17) is 9.47 Å². The standard InChI is InChI=1S/C31H24I2N2O5S/c1-2-39-23-12-10-22(11-13-23)34-28(36)17-35-30(37)27(41-31(35)38)16-19-14-25(32)29(26(33)15-19)40-18-21-8-5-7-20-6-3-4-9-24(20)21/h3-16H,2,17-18H2,1H3,(H,34,36)/b27-16+.